The molecule has 2 aliphatic heterocycles. The van der Waals surface area contributed by atoms with Crippen LogP contribution in [-0.4, -0.2) is 75.5 Å². The quantitative estimate of drug-likeness (QED) is 0.412. The Morgan fingerprint density at radius 3 is 2.83 bits per heavy atom. The molecule has 214 valence electrons. The van der Waals surface area contributed by atoms with Crippen LogP contribution in [0.5, 0.6) is 5.88 Å². The van der Waals surface area contributed by atoms with Crippen molar-refractivity contribution in [3.8, 4) is 29.1 Å². The van der Waals surface area contributed by atoms with Gasteiger partial charge in [0.15, 0.2) is 5.82 Å². The van der Waals surface area contributed by atoms with Gasteiger partial charge >= 0.3 is 5.97 Å². The number of carboxylic acid groups (broad SMARTS) is 1. The minimum absolute atomic E-state index is 0.0755. The van der Waals surface area contributed by atoms with Crippen molar-refractivity contribution in [2.45, 2.75) is 50.8 Å². The van der Waals surface area contributed by atoms with Crippen molar-refractivity contribution >= 4 is 17.5 Å². The highest BCUT2D eigenvalue weighted by atomic mass is 19.3. The van der Waals surface area contributed by atoms with Crippen LogP contribution in [0.15, 0.2) is 36.7 Å². The van der Waals surface area contributed by atoms with Gasteiger partial charge in [0.2, 0.25) is 5.88 Å². The molecule has 0 radical (unpaired) electrons. The fraction of sp³-hybridized carbons (Fsp3) is 0.448. The number of rotatable bonds is 7. The number of nitrogens with zero attached hydrogens (tertiary/aromatic N) is 5. The highest BCUT2D eigenvalue weighted by molar-refractivity contribution is 5.79. The van der Waals surface area contributed by atoms with Crippen LogP contribution in [0.2, 0.25) is 0 Å². The van der Waals surface area contributed by atoms with E-state index < -0.39 is 30.4 Å². The molecule has 3 atom stereocenters. The first-order chi connectivity index (χ1) is 19.9. The van der Waals surface area contributed by atoms with E-state index in [0.29, 0.717) is 37.3 Å². The largest absolute Gasteiger partial charge is 0.480 e. The van der Waals surface area contributed by atoms with Crippen molar-refractivity contribution in [3.63, 3.8) is 0 Å². The van der Waals surface area contributed by atoms with Gasteiger partial charge in [0.05, 0.1) is 31.1 Å². The molecule has 5 heterocycles. The molecule has 0 bridgehead atoms. The second kappa shape index (κ2) is 11.3. The number of alkyl halides is 2. The average molecular weight is 565 g/mol. The van der Waals surface area contributed by atoms with E-state index in [1.807, 2.05) is 6.07 Å². The van der Waals surface area contributed by atoms with E-state index in [4.69, 9.17) is 9.47 Å². The molecule has 3 aromatic heterocycles. The van der Waals surface area contributed by atoms with Gasteiger partial charge in [0.1, 0.15) is 23.7 Å². The molecule has 0 aromatic carbocycles. The zero-order valence-electron chi connectivity index (χ0n) is 22.5. The van der Waals surface area contributed by atoms with Crippen molar-refractivity contribution in [1.82, 2.24) is 19.9 Å². The van der Waals surface area contributed by atoms with Crippen LogP contribution < -0.4 is 14.5 Å². The number of anilines is 2. The van der Waals surface area contributed by atoms with Gasteiger partial charge in [0, 0.05) is 48.9 Å². The summed E-state index contributed by atoms with van der Waals surface area (Å²) >= 11 is 0. The van der Waals surface area contributed by atoms with Crippen molar-refractivity contribution in [2.75, 3.05) is 36.1 Å². The number of nitrogens with one attached hydrogen (secondary N) is 1. The van der Waals surface area contributed by atoms with Crippen LogP contribution >= 0.6 is 0 Å². The smallest absolute Gasteiger partial charge is 0.326 e. The molecule has 2 N–H and O–H groups in total. The van der Waals surface area contributed by atoms with E-state index in [-0.39, 0.29) is 30.5 Å². The normalized spacial score (nSPS) is 22.5. The fourth-order valence-corrected chi connectivity index (χ4v) is 5.16. The SMILES string of the molecule is C[C@H]1COCCN1c1cc(C#CC2CC2)cnc1O[C@H]1C[C@@H](C(=O)O)N(c2cc(-c3ccc[nH]3)nc(C(F)F)n2)C1. The molecule has 6 rings (SSSR count). The van der Waals surface area contributed by atoms with Gasteiger partial charge in [-0.15, -0.1) is 0 Å². The fourth-order valence-electron chi connectivity index (χ4n) is 5.16. The highest BCUT2D eigenvalue weighted by Crippen LogP contribution is 2.35. The van der Waals surface area contributed by atoms with Crippen molar-refractivity contribution in [2.24, 2.45) is 5.92 Å². The third kappa shape index (κ3) is 5.95. The Kier molecular flexibility index (Phi) is 7.45. The number of carboxylic acids is 1. The zero-order valence-corrected chi connectivity index (χ0v) is 22.5. The van der Waals surface area contributed by atoms with Crippen molar-refractivity contribution in [1.29, 1.82) is 0 Å². The summed E-state index contributed by atoms with van der Waals surface area (Å²) in [5.41, 5.74) is 2.32. The average Bonchev–Trinajstić information content (AvgIpc) is 3.44. The molecule has 0 amide bonds. The number of hydrogen-bond donors (Lipinski definition) is 2. The maximum atomic E-state index is 13.7. The summed E-state index contributed by atoms with van der Waals surface area (Å²) < 4.78 is 39.5. The van der Waals surface area contributed by atoms with Gasteiger partial charge in [0.25, 0.3) is 6.43 Å². The number of pyridine rings is 1. The molecule has 1 aliphatic carbocycles. The number of H-pyrrole nitrogens is 1. The Labute approximate surface area is 235 Å². The minimum atomic E-state index is -2.93. The van der Waals surface area contributed by atoms with Gasteiger partial charge in [-0.1, -0.05) is 11.8 Å². The summed E-state index contributed by atoms with van der Waals surface area (Å²) in [7, 11) is 0. The van der Waals surface area contributed by atoms with Crippen LogP contribution in [0, 0.1) is 17.8 Å². The van der Waals surface area contributed by atoms with Crippen LogP contribution in [0.25, 0.3) is 11.4 Å². The van der Waals surface area contributed by atoms with E-state index in [1.54, 1.807) is 24.5 Å². The lowest BCUT2D eigenvalue weighted by Crippen LogP contribution is -2.44. The molecule has 1 saturated carbocycles. The van der Waals surface area contributed by atoms with Crippen LogP contribution in [-0.2, 0) is 9.53 Å². The Bertz CT molecular complexity index is 1470. The molecule has 3 fully saturated rings. The second-order valence-corrected chi connectivity index (χ2v) is 10.5. The first-order valence-corrected chi connectivity index (χ1v) is 13.7. The van der Waals surface area contributed by atoms with Crippen molar-refractivity contribution < 1.29 is 28.2 Å². The topological polar surface area (TPSA) is 117 Å². The molecule has 2 saturated heterocycles. The molecule has 3 aliphatic rings. The lowest BCUT2D eigenvalue weighted by Gasteiger charge is -2.36. The van der Waals surface area contributed by atoms with Gasteiger partial charge in [-0.05, 0) is 38.0 Å². The van der Waals surface area contributed by atoms with Gasteiger partial charge in [-0.2, -0.15) is 0 Å². The van der Waals surface area contributed by atoms with Crippen LogP contribution in [0.4, 0.5) is 20.3 Å². The molecule has 41 heavy (non-hydrogen) atoms. The molecular formula is C29H30F2N6O4. The number of aromatic amines is 1. The minimum Gasteiger partial charge on any atom is -0.480 e. The number of morpholine rings is 1. The molecule has 0 unspecified atom stereocenters. The second-order valence-electron chi connectivity index (χ2n) is 10.5. The van der Waals surface area contributed by atoms with Crippen LogP contribution in [0.1, 0.15) is 44.0 Å². The number of carbonyl (C=O) groups is 1. The monoisotopic (exact) mass is 564 g/mol. The Balaban J connectivity index is 1.30. The molecule has 0 spiro atoms. The first-order valence-electron chi connectivity index (χ1n) is 13.7. The molecule has 10 nitrogen and oxygen atoms in total. The third-order valence-corrected chi connectivity index (χ3v) is 7.43. The lowest BCUT2D eigenvalue weighted by molar-refractivity contribution is -0.138. The first kappa shape index (κ1) is 27.0. The maximum Gasteiger partial charge on any atom is 0.326 e. The number of aromatic nitrogens is 4. The van der Waals surface area contributed by atoms with E-state index in [0.717, 1.165) is 24.1 Å². The van der Waals surface area contributed by atoms with Gasteiger partial charge in [-0.3, -0.25) is 0 Å². The summed E-state index contributed by atoms with van der Waals surface area (Å²) in [6.45, 7) is 3.93. The van der Waals surface area contributed by atoms with Gasteiger partial charge in [-0.25, -0.2) is 28.5 Å². The van der Waals surface area contributed by atoms with E-state index in [9.17, 15) is 18.7 Å². The predicted octanol–water partition coefficient (Wildman–Crippen LogP) is 3.90. The number of halogens is 2. The van der Waals surface area contributed by atoms with E-state index in [1.165, 1.54) is 11.0 Å². The molecule has 12 heteroatoms. The predicted molar refractivity (Wildman–Crippen MR) is 146 cm³/mol. The highest BCUT2D eigenvalue weighted by Gasteiger charge is 2.40. The van der Waals surface area contributed by atoms with Gasteiger partial charge < -0.3 is 29.4 Å². The summed E-state index contributed by atoms with van der Waals surface area (Å²) in [6, 6.07) is 5.94. The summed E-state index contributed by atoms with van der Waals surface area (Å²) in [5, 5.41) is 10.1. The Morgan fingerprint density at radius 2 is 2.12 bits per heavy atom. The summed E-state index contributed by atoms with van der Waals surface area (Å²) in [4.78, 5) is 31.5. The molecular weight excluding hydrogens is 534 g/mol. The van der Waals surface area contributed by atoms with Crippen molar-refractivity contribution in [3.05, 3.63) is 48.0 Å². The van der Waals surface area contributed by atoms with E-state index in [2.05, 4.69) is 43.6 Å². The summed E-state index contributed by atoms with van der Waals surface area (Å²) in [5.74, 6) is 5.61. The Hall–Kier alpha value is -4.24. The number of hydrogen-bond acceptors (Lipinski definition) is 8. The third-order valence-electron chi connectivity index (χ3n) is 7.43. The standard InChI is InChI=1S/C29H30F2N6O4/c1-17-16-40-10-9-36(17)23-11-19(7-6-18-4-5-18)14-33-28(23)41-20-12-24(29(38)39)37(15-20)25-13-22(21-3-2-8-32-21)34-27(35-25)26(30)31/h2-3,8,11,13-14,17-18,20,24,26,32H,4-5,9-10,12,15-16H2,1H3,(H,38,39)/t17-,20-,24-/m0/s1. The molecule has 3 aromatic rings. The summed E-state index contributed by atoms with van der Waals surface area (Å²) in [6.07, 6.45) is 2.17. The lowest BCUT2D eigenvalue weighted by atomic mass is 10.1. The van der Waals surface area contributed by atoms with Crippen LogP contribution in [0.3, 0.4) is 0 Å². The number of aliphatic carboxylic acids is 1. The zero-order chi connectivity index (χ0) is 28.5. The number of ether oxygens (including phenoxy) is 2. The van der Waals surface area contributed by atoms with E-state index >= 15 is 0 Å². The maximum absolute atomic E-state index is 13.7. The Morgan fingerprint density at radius 1 is 1.27 bits per heavy atom.